The van der Waals surface area contributed by atoms with Crippen LogP contribution in [0, 0.1) is 10.1 Å². The predicted octanol–water partition coefficient (Wildman–Crippen LogP) is 1.52. The average molecular weight is 327 g/mol. The molecular weight excluding hydrogens is 306 g/mol. The van der Waals surface area contributed by atoms with Crippen LogP contribution in [0.3, 0.4) is 0 Å². The number of benzene rings is 1. The Kier molecular flexibility index (Phi) is 5.36. The smallest absolute Gasteiger partial charge is 0.269 e. The molecule has 0 spiro atoms. The van der Waals surface area contributed by atoms with Crippen molar-refractivity contribution in [2.24, 2.45) is 0 Å². The van der Waals surface area contributed by atoms with Crippen molar-refractivity contribution in [3.63, 3.8) is 0 Å². The van der Waals surface area contributed by atoms with Crippen molar-refractivity contribution in [3.05, 3.63) is 34.4 Å². The minimum absolute atomic E-state index is 0.0844. The second-order valence-electron chi connectivity index (χ2n) is 5.69. The lowest BCUT2D eigenvalue weighted by atomic mass is 10.0. The van der Waals surface area contributed by atoms with Gasteiger partial charge in [-0.2, -0.15) is 0 Å². The lowest BCUT2D eigenvalue weighted by molar-refractivity contribution is -0.384. The van der Waals surface area contributed by atoms with Crippen LogP contribution in [0.2, 0.25) is 0 Å². The summed E-state index contributed by atoms with van der Waals surface area (Å²) < 4.78 is 22.3. The Morgan fingerprint density at radius 1 is 1.27 bits per heavy atom. The maximum Gasteiger partial charge on any atom is 0.269 e. The molecule has 1 aromatic carbocycles. The summed E-state index contributed by atoms with van der Waals surface area (Å²) >= 11 is 0. The lowest BCUT2D eigenvalue weighted by Crippen LogP contribution is -2.41. The fourth-order valence-electron chi connectivity index (χ4n) is 2.51. The number of rotatable bonds is 6. The van der Waals surface area contributed by atoms with Crippen LogP contribution in [0.4, 0.5) is 11.4 Å². The molecule has 1 aliphatic rings. The fraction of sp³-hybridized carbons (Fsp3) is 0.571. The molecule has 0 amide bonds. The zero-order valence-corrected chi connectivity index (χ0v) is 13.4. The highest BCUT2D eigenvalue weighted by Crippen LogP contribution is 2.19. The van der Waals surface area contributed by atoms with E-state index in [0.717, 1.165) is 31.6 Å². The SMILES string of the molecule is CS(=O)(=O)CCN1CCC(Nc2ccc([N+](=O)[O-])cc2)CC1. The first-order chi connectivity index (χ1) is 10.3. The minimum Gasteiger partial charge on any atom is -0.382 e. The summed E-state index contributed by atoms with van der Waals surface area (Å²) in [6.07, 6.45) is 3.12. The largest absolute Gasteiger partial charge is 0.382 e. The number of nitro benzene ring substituents is 1. The van der Waals surface area contributed by atoms with Crippen LogP contribution in [0.15, 0.2) is 24.3 Å². The highest BCUT2D eigenvalue weighted by Gasteiger charge is 2.20. The number of hydrogen-bond acceptors (Lipinski definition) is 6. The Morgan fingerprint density at radius 2 is 1.86 bits per heavy atom. The van der Waals surface area contributed by atoms with Gasteiger partial charge in [0.05, 0.1) is 10.7 Å². The molecule has 122 valence electrons. The number of piperidine rings is 1. The monoisotopic (exact) mass is 327 g/mol. The van der Waals surface area contributed by atoms with E-state index in [1.165, 1.54) is 18.4 Å². The Bertz CT molecular complexity index is 607. The molecule has 0 saturated carbocycles. The summed E-state index contributed by atoms with van der Waals surface area (Å²) in [5.74, 6) is 0.202. The van der Waals surface area contributed by atoms with Crippen molar-refractivity contribution in [2.45, 2.75) is 18.9 Å². The number of likely N-dealkylation sites (tertiary alicyclic amines) is 1. The molecule has 1 aliphatic heterocycles. The van der Waals surface area contributed by atoms with Crippen LogP contribution in [0.1, 0.15) is 12.8 Å². The minimum atomic E-state index is -2.91. The van der Waals surface area contributed by atoms with E-state index >= 15 is 0 Å². The predicted molar refractivity (Wildman–Crippen MR) is 85.9 cm³/mol. The average Bonchev–Trinajstić information content (AvgIpc) is 2.46. The Hall–Kier alpha value is -1.67. The topological polar surface area (TPSA) is 92.6 Å². The van der Waals surface area contributed by atoms with Crippen molar-refractivity contribution in [1.29, 1.82) is 0 Å². The summed E-state index contributed by atoms with van der Waals surface area (Å²) in [5.41, 5.74) is 0.960. The van der Waals surface area contributed by atoms with Crippen LogP contribution in [-0.2, 0) is 9.84 Å². The number of nitro groups is 1. The zero-order valence-electron chi connectivity index (χ0n) is 12.6. The van der Waals surface area contributed by atoms with Gasteiger partial charge in [0.2, 0.25) is 0 Å². The van der Waals surface area contributed by atoms with Gasteiger partial charge >= 0.3 is 0 Å². The maximum absolute atomic E-state index is 11.2. The molecule has 0 unspecified atom stereocenters. The molecule has 1 N–H and O–H groups in total. The van der Waals surface area contributed by atoms with Crippen LogP contribution >= 0.6 is 0 Å². The second-order valence-corrected chi connectivity index (χ2v) is 7.95. The first kappa shape index (κ1) is 16.7. The molecule has 1 saturated heterocycles. The number of anilines is 1. The van der Waals surface area contributed by atoms with Crippen molar-refractivity contribution in [1.82, 2.24) is 4.90 Å². The van der Waals surface area contributed by atoms with Gasteiger partial charge in [-0.1, -0.05) is 0 Å². The fourth-order valence-corrected chi connectivity index (χ4v) is 3.10. The zero-order chi connectivity index (χ0) is 16.2. The van der Waals surface area contributed by atoms with E-state index in [2.05, 4.69) is 10.2 Å². The first-order valence-corrected chi connectivity index (χ1v) is 9.30. The van der Waals surface area contributed by atoms with Gasteiger partial charge in [0.1, 0.15) is 9.84 Å². The van der Waals surface area contributed by atoms with Crippen molar-refractivity contribution in [3.8, 4) is 0 Å². The summed E-state index contributed by atoms with van der Waals surface area (Å²) in [5, 5.41) is 14.0. The summed E-state index contributed by atoms with van der Waals surface area (Å²) in [6.45, 7) is 2.31. The van der Waals surface area contributed by atoms with Crippen LogP contribution in [-0.4, -0.2) is 55.9 Å². The number of nitrogens with one attached hydrogen (secondary N) is 1. The normalized spacial score (nSPS) is 17.3. The standard InChI is InChI=1S/C14H21N3O4S/c1-22(20,21)11-10-16-8-6-13(7-9-16)15-12-2-4-14(5-3-12)17(18)19/h2-5,13,15H,6-11H2,1H3. The number of non-ortho nitro benzene ring substituents is 1. The van der Waals surface area contributed by atoms with E-state index in [9.17, 15) is 18.5 Å². The van der Waals surface area contributed by atoms with Gasteiger partial charge in [-0.05, 0) is 25.0 Å². The molecule has 0 atom stereocenters. The quantitative estimate of drug-likeness (QED) is 0.629. The molecule has 0 aliphatic carbocycles. The molecule has 1 aromatic rings. The third kappa shape index (κ3) is 5.27. The van der Waals surface area contributed by atoms with Gasteiger partial charge in [0, 0.05) is 49.8 Å². The molecule has 0 radical (unpaired) electrons. The Labute approximate surface area is 130 Å². The van der Waals surface area contributed by atoms with Crippen LogP contribution in [0.5, 0.6) is 0 Å². The molecule has 8 heteroatoms. The summed E-state index contributed by atoms with van der Waals surface area (Å²) in [7, 11) is -2.91. The van der Waals surface area contributed by atoms with Gasteiger partial charge in [0.15, 0.2) is 0 Å². The lowest BCUT2D eigenvalue weighted by Gasteiger charge is -2.32. The van der Waals surface area contributed by atoms with Crippen molar-refractivity contribution < 1.29 is 13.3 Å². The summed E-state index contributed by atoms with van der Waals surface area (Å²) in [4.78, 5) is 12.4. The molecule has 22 heavy (non-hydrogen) atoms. The molecular formula is C14H21N3O4S. The third-order valence-electron chi connectivity index (χ3n) is 3.81. The van der Waals surface area contributed by atoms with E-state index in [1.54, 1.807) is 12.1 Å². The van der Waals surface area contributed by atoms with Crippen molar-refractivity contribution >= 4 is 21.2 Å². The molecule has 0 bridgehead atoms. The van der Waals surface area contributed by atoms with E-state index in [-0.39, 0.29) is 11.4 Å². The molecule has 1 heterocycles. The maximum atomic E-state index is 11.2. The number of sulfone groups is 1. The molecule has 2 rings (SSSR count). The van der Waals surface area contributed by atoms with Crippen LogP contribution < -0.4 is 5.32 Å². The molecule has 7 nitrogen and oxygen atoms in total. The van der Waals surface area contributed by atoms with Gasteiger partial charge in [-0.3, -0.25) is 10.1 Å². The van der Waals surface area contributed by atoms with Crippen LogP contribution in [0.25, 0.3) is 0 Å². The van der Waals surface area contributed by atoms with E-state index in [4.69, 9.17) is 0 Å². The summed E-state index contributed by atoms with van der Waals surface area (Å²) in [6, 6.07) is 6.73. The van der Waals surface area contributed by atoms with E-state index in [0.29, 0.717) is 12.6 Å². The number of nitrogens with zero attached hydrogens (tertiary/aromatic N) is 2. The molecule has 1 fully saturated rings. The second kappa shape index (κ2) is 7.06. The van der Waals surface area contributed by atoms with Gasteiger partial charge in [0.25, 0.3) is 5.69 Å². The first-order valence-electron chi connectivity index (χ1n) is 7.24. The highest BCUT2D eigenvalue weighted by molar-refractivity contribution is 7.90. The Morgan fingerprint density at radius 3 is 2.36 bits per heavy atom. The number of hydrogen-bond donors (Lipinski definition) is 1. The van der Waals surface area contributed by atoms with E-state index < -0.39 is 14.8 Å². The molecule has 0 aromatic heterocycles. The van der Waals surface area contributed by atoms with Gasteiger partial charge < -0.3 is 10.2 Å². The van der Waals surface area contributed by atoms with Gasteiger partial charge in [-0.15, -0.1) is 0 Å². The Balaban J connectivity index is 1.78. The van der Waals surface area contributed by atoms with Gasteiger partial charge in [-0.25, -0.2) is 8.42 Å². The van der Waals surface area contributed by atoms with E-state index in [1.807, 2.05) is 0 Å². The van der Waals surface area contributed by atoms with Crippen molar-refractivity contribution in [2.75, 3.05) is 37.0 Å². The highest BCUT2D eigenvalue weighted by atomic mass is 32.2. The third-order valence-corrected chi connectivity index (χ3v) is 4.74.